The SMILES string of the molecule is COCCCN1C(=O)C(c2ccc(OC(C)C)cc2)=C(N2CCC(C)CC2)C1=O. The summed E-state index contributed by atoms with van der Waals surface area (Å²) in [5.41, 5.74) is 1.83. The van der Waals surface area contributed by atoms with Crippen LogP contribution in [0.3, 0.4) is 0 Å². The average molecular weight is 401 g/mol. The van der Waals surface area contributed by atoms with Crippen LogP contribution in [0.25, 0.3) is 5.57 Å². The van der Waals surface area contributed by atoms with Crippen molar-refractivity contribution in [3.8, 4) is 5.75 Å². The number of carbonyl (C=O) groups excluding carboxylic acids is 2. The highest BCUT2D eigenvalue weighted by molar-refractivity contribution is 6.35. The standard InChI is InChI=1S/C23H32N2O4/c1-16(2)29-19-8-6-18(7-9-19)20-21(24-13-10-17(3)11-14-24)23(27)25(22(20)26)12-5-15-28-4/h6-9,16-17H,5,10-15H2,1-4H3. The molecule has 0 aliphatic carbocycles. The molecule has 0 spiro atoms. The van der Waals surface area contributed by atoms with E-state index in [1.54, 1.807) is 7.11 Å². The Morgan fingerprint density at radius 1 is 1.07 bits per heavy atom. The van der Waals surface area contributed by atoms with Crippen molar-refractivity contribution in [1.82, 2.24) is 9.80 Å². The van der Waals surface area contributed by atoms with Crippen LogP contribution in [0.5, 0.6) is 5.75 Å². The van der Waals surface area contributed by atoms with Crippen LogP contribution in [0.4, 0.5) is 0 Å². The highest BCUT2D eigenvalue weighted by Gasteiger charge is 2.41. The minimum atomic E-state index is -0.211. The number of likely N-dealkylation sites (tertiary alicyclic amines) is 1. The summed E-state index contributed by atoms with van der Waals surface area (Å²) in [6, 6.07) is 7.49. The molecule has 3 rings (SSSR count). The van der Waals surface area contributed by atoms with E-state index in [0.29, 0.717) is 36.8 Å². The summed E-state index contributed by atoms with van der Waals surface area (Å²) in [6.45, 7) is 8.69. The van der Waals surface area contributed by atoms with Gasteiger partial charge in [-0.15, -0.1) is 0 Å². The second-order valence-electron chi connectivity index (χ2n) is 8.19. The zero-order valence-electron chi connectivity index (χ0n) is 17.9. The lowest BCUT2D eigenvalue weighted by atomic mass is 9.97. The van der Waals surface area contributed by atoms with Crippen LogP contribution in [-0.2, 0) is 14.3 Å². The number of amides is 2. The summed E-state index contributed by atoms with van der Waals surface area (Å²) in [5.74, 6) is 1.01. The summed E-state index contributed by atoms with van der Waals surface area (Å²) in [7, 11) is 1.62. The molecular weight excluding hydrogens is 368 g/mol. The second kappa shape index (κ2) is 9.44. The smallest absolute Gasteiger partial charge is 0.277 e. The molecule has 1 fully saturated rings. The van der Waals surface area contributed by atoms with E-state index in [9.17, 15) is 9.59 Å². The van der Waals surface area contributed by atoms with Crippen molar-refractivity contribution in [3.63, 3.8) is 0 Å². The van der Waals surface area contributed by atoms with Gasteiger partial charge in [0.05, 0.1) is 11.7 Å². The predicted octanol–water partition coefficient (Wildman–Crippen LogP) is 3.32. The Labute approximate surface area is 173 Å². The van der Waals surface area contributed by atoms with Crippen LogP contribution in [0.15, 0.2) is 30.0 Å². The molecule has 0 N–H and O–H groups in total. The number of imide groups is 1. The highest BCUT2D eigenvalue weighted by Crippen LogP contribution is 2.34. The Morgan fingerprint density at radius 2 is 1.72 bits per heavy atom. The molecule has 29 heavy (non-hydrogen) atoms. The number of benzene rings is 1. The highest BCUT2D eigenvalue weighted by atomic mass is 16.5. The van der Waals surface area contributed by atoms with E-state index in [1.807, 2.05) is 38.1 Å². The topological polar surface area (TPSA) is 59.1 Å². The summed E-state index contributed by atoms with van der Waals surface area (Å²) in [5, 5.41) is 0. The van der Waals surface area contributed by atoms with E-state index >= 15 is 0 Å². The van der Waals surface area contributed by atoms with Gasteiger partial charge in [-0.25, -0.2) is 0 Å². The molecule has 6 nitrogen and oxygen atoms in total. The Bertz CT molecular complexity index is 762. The number of hydrogen-bond acceptors (Lipinski definition) is 5. The largest absolute Gasteiger partial charge is 0.491 e. The number of rotatable bonds is 8. The number of methoxy groups -OCH3 is 1. The van der Waals surface area contributed by atoms with E-state index in [1.165, 1.54) is 4.90 Å². The lowest BCUT2D eigenvalue weighted by Crippen LogP contribution is -2.39. The van der Waals surface area contributed by atoms with Gasteiger partial charge in [-0.05, 0) is 56.7 Å². The average Bonchev–Trinajstić information content (AvgIpc) is 2.94. The van der Waals surface area contributed by atoms with E-state index in [-0.39, 0.29) is 17.9 Å². The first-order valence-electron chi connectivity index (χ1n) is 10.5. The molecule has 1 aromatic rings. The van der Waals surface area contributed by atoms with Crippen LogP contribution in [-0.4, -0.2) is 61.1 Å². The van der Waals surface area contributed by atoms with Gasteiger partial charge in [-0.1, -0.05) is 19.1 Å². The number of carbonyl (C=O) groups is 2. The molecule has 158 valence electrons. The van der Waals surface area contributed by atoms with Crippen LogP contribution in [0, 0.1) is 5.92 Å². The van der Waals surface area contributed by atoms with Crippen molar-refractivity contribution in [3.05, 3.63) is 35.5 Å². The molecule has 0 aromatic heterocycles. The minimum Gasteiger partial charge on any atom is -0.491 e. The Kier molecular flexibility index (Phi) is 6.96. The van der Waals surface area contributed by atoms with Crippen molar-refractivity contribution >= 4 is 17.4 Å². The molecule has 2 heterocycles. The number of piperidine rings is 1. The van der Waals surface area contributed by atoms with Crippen LogP contribution < -0.4 is 4.74 Å². The monoisotopic (exact) mass is 400 g/mol. The molecule has 1 aromatic carbocycles. The summed E-state index contributed by atoms with van der Waals surface area (Å²) in [4.78, 5) is 29.9. The van der Waals surface area contributed by atoms with Gasteiger partial charge in [0.15, 0.2) is 0 Å². The van der Waals surface area contributed by atoms with Gasteiger partial charge in [-0.3, -0.25) is 14.5 Å². The zero-order chi connectivity index (χ0) is 21.0. The van der Waals surface area contributed by atoms with E-state index in [0.717, 1.165) is 37.2 Å². The molecule has 1 saturated heterocycles. The quantitative estimate of drug-likeness (QED) is 0.495. The van der Waals surface area contributed by atoms with Gasteiger partial charge in [-0.2, -0.15) is 0 Å². The molecule has 0 radical (unpaired) electrons. The first-order valence-corrected chi connectivity index (χ1v) is 10.5. The van der Waals surface area contributed by atoms with Crippen molar-refractivity contribution in [2.45, 2.75) is 46.1 Å². The maximum absolute atomic E-state index is 13.2. The Morgan fingerprint density at radius 3 is 2.31 bits per heavy atom. The molecule has 0 atom stereocenters. The van der Waals surface area contributed by atoms with E-state index < -0.39 is 0 Å². The predicted molar refractivity (Wildman–Crippen MR) is 112 cm³/mol. The fourth-order valence-corrected chi connectivity index (χ4v) is 3.89. The Balaban J connectivity index is 1.92. The Hall–Kier alpha value is -2.34. The van der Waals surface area contributed by atoms with Crippen LogP contribution in [0.1, 0.15) is 45.6 Å². The first-order chi connectivity index (χ1) is 13.9. The van der Waals surface area contributed by atoms with E-state index in [2.05, 4.69) is 11.8 Å². The molecule has 0 unspecified atom stereocenters. The second-order valence-corrected chi connectivity index (χ2v) is 8.19. The van der Waals surface area contributed by atoms with Crippen molar-refractivity contribution in [1.29, 1.82) is 0 Å². The molecule has 2 amide bonds. The van der Waals surface area contributed by atoms with Crippen molar-refractivity contribution in [2.24, 2.45) is 5.92 Å². The van der Waals surface area contributed by atoms with E-state index in [4.69, 9.17) is 9.47 Å². The first kappa shape index (κ1) is 21.4. The molecule has 0 bridgehead atoms. The third-order valence-corrected chi connectivity index (χ3v) is 5.49. The van der Waals surface area contributed by atoms with Crippen molar-refractivity contribution in [2.75, 3.05) is 33.4 Å². The molecule has 2 aliphatic rings. The summed E-state index contributed by atoms with van der Waals surface area (Å²) < 4.78 is 10.8. The molecule has 6 heteroatoms. The third kappa shape index (κ3) is 4.81. The maximum atomic E-state index is 13.2. The third-order valence-electron chi connectivity index (χ3n) is 5.49. The minimum absolute atomic E-state index is 0.0805. The van der Waals surface area contributed by atoms with Gasteiger partial charge < -0.3 is 14.4 Å². The molecule has 0 saturated carbocycles. The van der Waals surface area contributed by atoms with Gasteiger partial charge in [0, 0.05) is 33.4 Å². The lowest BCUT2D eigenvalue weighted by molar-refractivity contribution is -0.137. The summed E-state index contributed by atoms with van der Waals surface area (Å²) in [6.07, 6.45) is 2.77. The number of ether oxygens (including phenoxy) is 2. The van der Waals surface area contributed by atoms with Crippen LogP contribution >= 0.6 is 0 Å². The number of nitrogens with zero attached hydrogens (tertiary/aromatic N) is 2. The van der Waals surface area contributed by atoms with Crippen molar-refractivity contribution < 1.29 is 19.1 Å². The molecule has 2 aliphatic heterocycles. The normalized spacial score (nSPS) is 18.4. The zero-order valence-corrected chi connectivity index (χ0v) is 17.9. The fourth-order valence-electron chi connectivity index (χ4n) is 3.89. The summed E-state index contributed by atoms with van der Waals surface area (Å²) >= 11 is 0. The maximum Gasteiger partial charge on any atom is 0.277 e. The van der Waals surface area contributed by atoms with Crippen LogP contribution in [0.2, 0.25) is 0 Å². The van der Waals surface area contributed by atoms with Gasteiger partial charge in [0.1, 0.15) is 11.4 Å². The number of hydrogen-bond donors (Lipinski definition) is 0. The fraction of sp³-hybridized carbons (Fsp3) is 0.565. The van der Waals surface area contributed by atoms with Gasteiger partial charge in [0.25, 0.3) is 11.8 Å². The lowest BCUT2D eigenvalue weighted by Gasteiger charge is -2.32. The molecular formula is C23H32N2O4. The van der Waals surface area contributed by atoms with Gasteiger partial charge in [0.2, 0.25) is 0 Å². The van der Waals surface area contributed by atoms with Gasteiger partial charge >= 0.3 is 0 Å².